The maximum absolute atomic E-state index is 6.83. The molecule has 9 aromatic carbocycles. The van der Waals surface area contributed by atoms with Gasteiger partial charge in [-0.15, -0.1) is 0 Å². The number of nitrogens with zero attached hydrogens (tertiary/aromatic N) is 1. The molecule has 0 amide bonds. The fourth-order valence-corrected chi connectivity index (χ4v) is 11.3. The van der Waals surface area contributed by atoms with Crippen molar-refractivity contribution < 1.29 is 4.42 Å². The first-order valence-corrected chi connectivity index (χ1v) is 21.0. The Morgan fingerprint density at radius 2 is 0.933 bits per heavy atom. The molecule has 3 aliphatic rings. The highest BCUT2D eigenvalue weighted by Crippen LogP contribution is 2.65. The molecule has 13 rings (SSSR count). The van der Waals surface area contributed by atoms with Crippen LogP contribution in [0.25, 0.3) is 66.4 Å². The Kier molecular flexibility index (Phi) is 6.74. The largest absolute Gasteiger partial charge is 0.455 e. The normalized spacial score (nSPS) is 16.0. The van der Waals surface area contributed by atoms with Gasteiger partial charge in [-0.05, 0) is 103 Å². The number of hydrogen-bond acceptors (Lipinski definition) is 2. The van der Waals surface area contributed by atoms with Gasteiger partial charge in [0.2, 0.25) is 0 Å². The maximum Gasteiger partial charge on any atom is 0.143 e. The average molecular weight is 766 g/mol. The number of anilines is 3. The molecule has 0 bridgehead atoms. The summed E-state index contributed by atoms with van der Waals surface area (Å²) in [7, 11) is 0. The van der Waals surface area contributed by atoms with E-state index in [1.54, 1.807) is 0 Å². The van der Waals surface area contributed by atoms with E-state index in [0.717, 1.165) is 39.0 Å². The van der Waals surface area contributed by atoms with Gasteiger partial charge in [0.1, 0.15) is 11.2 Å². The van der Waals surface area contributed by atoms with E-state index in [4.69, 9.17) is 4.42 Å². The van der Waals surface area contributed by atoms with Crippen molar-refractivity contribution in [1.82, 2.24) is 0 Å². The Balaban J connectivity index is 1.10. The van der Waals surface area contributed by atoms with Gasteiger partial charge in [0.15, 0.2) is 0 Å². The Morgan fingerprint density at radius 1 is 0.383 bits per heavy atom. The van der Waals surface area contributed by atoms with Gasteiger partial charge < -0.3 is 9.32 Å². The molecule has 0 saturated carbocycles. The zero-order valence-electron chi connectivity index (χ0n) is 33.4. The topological polar surface area (TPSA) is 16.4 Å². The molecule has 0 saturated heterocycles. The smallest absolute Gasteiger partial charge is 0.143 e. The van der Waals surface area contributed by atoms with E-state index in [2.05, 4.69) is 219 Å². The van der Waals surface area contributed by atoms with Crippen LogP contribution in [0.1, 0.15) is 47.2 Å². The predicted octanol–water partition coefficient (Wildman–Crippen LogP) is 15.4. The summed E-state index contributed by atoms with van der Waals surface area (Å²) in [5.41, 5.74) is 22.5. The first kappa shape index (κ1) is 33.5. The number of rotatable bonds is 4. The van der Waals surface area contributed by atoms with Crippen molar-refractivity contribution in [2.75, 3.05) is 4.90 Å². The number of para-hydroxylation sites is 2. The van der Waals surface area contributed by atoms with Crippen LogP contribution in [-0.2, 0) is 10.8 Å². The Morgan fingerprint density at radius 3 is 1.70 bits per heavy atom. The van der Waals surface area contributed by atoms with E-state index in [0.29, 0.717) is 0 Å². The summed E-state index contributed by atoms with van der Waals surface area (Å²) >= 11 is 0. The van der Waals surface area contributed by atoms with Crippen molar-refractivity contribution in [2.45, 2.75) is 24.7 Å². The highest BCUT2D eigenvalue weighted by Gasteiger charge is 2.52. The summed E-state index contributed by atoms with van der Waals surface area (Å²) in [6.07, 6.45) is 0. The highest BCUT2D eigenvalue weighted by molar-refractivity contribution is 6.13. The molecule has 10 aromatic rings. The van der Waals surface area contributed by atoms with E-state index in [1.807, 2.05) is 0 Å². The Hall–Kier alpha value is -7.42. The summed E-state index contributed by atoms with van der Waals surface area (Å²) in [5, 5.41) is 2.30. The lowest BCUT2D eigenvalue weighted by molar-refractivity contribution is 0.660. The third-order valence-corrected chi connectivity index (χ3v) is 13.9. The number of fused-ring (bicyclic) bond motifs is 17. The van der Waals surface area contributed by atoms with E-state index in [-0.39, 0.29) is 5.41 Å². The third kappa shape index (κ3) is 4.27. The SMILES string of the molecule is CC1(C)c2ccccc2-c2ccc(N(c3ccc4c(c3)C3(c5ccccc5-4)c4ccccc4-c4c3ccc3c4oc4ccccc43)c3ccccc3-c3ccccc3)cc21. The molecule has 1 heterocycles. The molecule has 1 spiro atoms. The van der Waals surface area contributed by atoms with Gasteiger partial charge in [0, 0.05) is 38.7 Å². The predicted molar refractivity (Wildman–Crippen MR) is 248 cm³/mol. The molecule has 282 valence electrons. The second-order valence-electron chi connectivity index (χ2n) is 17.2. The van der Waals surface area contributed by atoms with Crippen molar-refractivity contribution >= 4 is 39.0 Å². The van der Waals surface area contributed by atoms with E-state index in [1.165, 1.54) is 77.9 Å². The summed E-state index contributed by atoms with van der Waals surface area (Å²) in [5.74, 6) is 0. The number of benzene rings is 9. The van der Waals surface area contributed by atoms with Gasteiger partial charge in [-0.3, -0.25) is 0 Å². The summed E-state index contributed by atoms with van der Waals surface area (Å²) in [4.78, 5) is 2.50. The van der Waals surface area contributed by atoms with Crippen LogP contribution in [0.3, 0.4) is 0 Å². The van der Waals surface area contributed by atoms with E-state index >= 15 is 0 Å². The molecule has 0 N–H and O–H groups in total. The number of hydrogen-bond donors (Lipinski definition) is 0. The Labute approximate surface area is 349 Å². The summed E-state index contributed by atoms with van der Waals surface area (Å²) in [6.45, 7) is 4.74. The first-order valence-electron chi connectivity index (χ1n) is 21.0. The van der Waals surface area contributed by atoms with Gasteiger partial charge in [-0.25, -0.2) is 0 Å². The van der Waals surface area contributed by atoms with Gasteiger partial charge in [0.05, 0.1) is 11.1 Å². The fourth-order valence-electron chi connectivity index (χ4n) is 11.3. The molecule has 1 unspecified atom stereocenters. The molecule has 60 heavy (non-hydrogen) atoms. The van der Waals surface area contributed by atoms with Crippen LogP contribution in [-0.4, -0.2) is 0 Å². The minimum atomic E-state index is -0.548. The van der Waals surface area contributed by atoms with Crippen molar-refractivity contribution in [3.05, 3.63) is 234 Å². The first-order chi connectivity index (χ1) is 29.5. The zero-order valence-corrected chi connectivity index (χ0v) is 33.4. The summed E-state index contributed by atoms with van der Waals surface area (Å²) < 4.78 is 6.83. The third-order valence-electron chi connectivity index (χ3n) is 13.9. The molecule has 3 aliphatic carbocycles. The lowest BCUT2D eigenvalue weighted by Gasteiger charge is -2.33. The van der Waals surface area contributed by atoms with Crippen LogP contribution < -0.4 is 4.90 Å². The average Bonchev–Trinajstić information content (AvgIpc) is 3.99. The Bertz CT molecular complexity index is 3420. The quantitative estimate of drug-likeness (QED) is 0.177. The molecular formula is C58H39NO. The standard InChI is InChI=1S/C58H39NO/c1-57(2)47-23-11-6-19-40(47)42-30-28-37(34-51(42)57)59(53-26-14-9-18-39(53)36-16-4-3-5-17-36)38-29-31-43-41-20-7-12-24-48(41)58(52(43)35-38)49-25-13-8-22-46(49)55-50(58)33-32-45-44-21-10-15-27-54(44)60-56(45)55/h3-35H,1-2H3. The fraction of sp³-hybridized carbons (Fsp3) is 0.0690. The van der Waals surface area contributed by atoms with Crippen LogP contribution in [0.2, 0.25) is 0 Å². The maximum atomic E-state index is 6.83. The molecular weight excluding hydrogens is 727 g/mol. The lowest BCUT2D eigenvalue weighted by atomic mass is 9.70. The summed E-state index contributed by atoms with van der Waals surface area (Å²) in [6, 6.07) is 74.2. The monoisotopic (exact) mass is 765 g/mol. The van der Waals surface area contributed by atoms with Gasteiger partial charge >= 0.3 is 0 Å². The number of furan rings is 1. The van der Waals surface area contributed by atoms with Crippen LogP contribution in [0.5, 0.6) is 0 Å². The molecule has 1 atom stereocenters. The molecule has 1 aromatic heterocycles. The van der Waals surface area contributed by atoms with Crippen LogP contribution in [0.4, 0.5) is 17.1 Å². The molecule has 2 nitrogen and oxygen atoms in total. The van der Waals surface area contributed by atoms with Crippen molar-refractivity contribution in [2.24, 2.45) is 0 Å². The molecule has 0 aliphatic heterocycles. The van der Waals surface area contributed by atoms with E-state index < -0.39 is 5.41 Å². The molecule has 2 heteroatoms. The minimum Gasteiger partial charge on any atom is -0.455 e. The van der Waals surface area contributed by atoms with Crippen molar-refractivity contribution in [1.29, 1.82) is 0 Å². The zero-order chi connectivity index (χ0) is 39.7. The second kappa shape index (κ2) is 12.1. The van der Waals surface area contributed by atoms with Gasteiger partial charge in [-0.2, -0.15) is 0 Å². The molecule has 0 radical (unpaired) electrons. The van der Waals surface area contributed by atoms with E-state index in [9.17, 15) is 0 Å². The van der Waals surface area contributed by atoms with Crippen LogP contribution >= 0.6 is 0 Å². The van der Waals surface area contributed by atoms with Crippen molar-refractivity contribution in [3.8, 4) is 44.5 Å². The molecule has 0 fully saturated rings. The second-order valence-corrected chi connectivity index (χ2v) is 17.2. The van der Waals surface area contributed by atoms with Gasteiger partial charge in [0.25, 0.3) is 0 Å². The van der Waals surface area contributed by atoms with Gasteiger partial charge in [-0.1, -0.05) is 178 Å². The minimum absolute atomic E-state index is 0.143. The lowest BCUT2D eigenvalue weighted by Crippen LogP contribution is -2.26. The highest BCUT2D eigenvalue weighted by atomic mass is 16.3. The van der Waals surface area contributed by atoms with Crippen molar-refractivity contribution in [3.63, 3.8) is 0 Å². The van der Waals surface area contributed by atoms with Crippen LogP contribution in [0, 0.1) is 0 Å². The van der Waals surface area contributed by atoms with Crippen LogP contribution in [0.15, 0.2) is 205 Å².